The lowest BCUT2D eigenvalue weighted by Crippen LogP contribution is -2.44. The summed E-state index contributed by atoms with van der Waals surface area (Å²) in [5.41, 5.74) is -0.268. The van der Waals surface area contributed by atoms with Crippen molar-refractivity contribution in [3.63, 3.8) is 0 Å². The first-order valence-electron chi connectivity index (χ1n) is 4.92. The third kappa shape index (κ3) is 5.88. The van der Waals surface area contributed by atoms with Crippen LogP contribution in [0.15, 0.2) is 12.2 Å². The second kappa shape index (κ2) is 5.53. The van der Waals surface area contributed by atoms with Gasteiger partial charge < -0.3 is 10.4 Å². The molecule has 0 fully saturated rings. The predicted molar refractivity (Wildman–Crippen MR) is 58.5 cm³/mol. The van der Waals surface area contributed by atoms with Gasteiger partial charge in [0.25, 0.3) is 0 Å². The lowest BCUT2D eigenvalue weighted by Gasteiger charge is -2.29. The SMILES string of the molecule is C/C=C/C(=O)NC(CC(=O)O)C(C)(C)C. The van der Waals surface area contributed by atoms with Gasteiger partial charge in [0.2, 0.25) is 5.91 Å². The lowest BCUT2D eigenvalue weighted by molar-refractivity contribution is -0.138. The Hall–Kier alpha value is -1.32. The number of allylic oxidation sites excluding steroid dienone is 1. The monoisotopic (exact) mass is 213 g/mol. The highest BCUT2D eigenvalue weighted by Gasteiger charge is 2.27. The van der Waals surface area contributed by atoms with E-state index in [1.54, 1.807) is 13.0 Å². The molecular formula is C11H19NO3. The van der Waals surface area contributed by atoms with Crippen LogP contribution in [-0.4, -0.2) is 23.0 Å². The molecule has 15 heavy (non-hydrogen) atoms. The maximum absolute atomic E-state index is 11.3. The van der Waals surface area contributed by atoms with Crippen molar-refractivity contribution in [2.45, 2.75) is 40.2 Å². The summed E-state index contributed by atoms with van der Waals surface area (Å²) in [6.07, 6.45) is 2.95. The fraction of sp³-hybridized carbons (Fsp3) is 0.636. The molecule has 0 saturated carbocycles. The van der Waals surface area contributed by atoms with Crippen LogP contribution in [0, 0.1) is 5.41 Å². The van der Waals surface area contributed by atoms with Crippen LogP contribution in [0.3, 0.4) is 0 Å². The summed E-state index contributed by atoms with van der Waals surface area (Å²) in [7, 11) is 0. The van der Waals surface area contributed by atoms with Crippen LogP contribution in [0.25, 0.3) is 0 Å². The Morgan fingerprint density at radius 1 is 1.40 bits per heavy atom. The van der Waals surface area contributed by atoms with E-state index in [0.717, 1.165) is 0 Å². The van der Waals surface area contributed by atoms with Crippen molar-refractivity contribution in [3.8, 4) is 0 Å². The molecule has 0 aromatic heterocycles. The first kappa shape index (κ1) is 13.7. The van der Waals surface area contributed by atoms with Crippen molar-refractivity contribution in [3.05, 3.63) is 12.2 Å². The number of carbonyl (C=O) groups is 2. The molecule has 4 heteroatoms. The van der Waals surface area contributed by atoms with Crippen molar-refractivity contribution in [1.82, 2.24) is 5.32 Å². The Morgan fingerprint density at radius 2 is 1.93 bits per heavy atom. The fourth-order valence-electron chi connectivity index (χ4n) is 1.12. The summed E-state index contributed by atoms with van der Waals surface area (Å²) in [6, 6.07) is -0.362. The molecule has 0 heterocycles. The molecule has 4 nitrogen and oxygen atoms in total. The van der Waals surface area contributed by atoms with E-state index in [1.807, 2.05) is 20.8 Å². The van der Waals surface area contributed by atoms with Gasteiger partial charge in [0, 0.05) is 6.04 Å². The van der Waals surface area contributed by atoms with Crippen LogP contribution in [0.5, 0.6) is 0 Å². The number of amides is 1. The largest absolute Gasteiger partial charge is 0.481 e. The summed E-state index contributed by atoms with van der Waals surface area (Å²) in [6.45, 7) is 7.44. The third-order valence-electron chi connectivity index (χ3n) is 2.06. The molecule has 0 saturated heterocycles. The van der Waals surface area contributed by atoms with Crippen molar-refractivity contribution >= 4 is 11.9 Å². The van der Waals surface area contributed by atoms with Crippen LogP contribution in [0.4, 0.5) is 0 Å². The zero-order valence-corrected chi connectivity index (χ0v) is 9.70. The maximum atomic E-state index is 11.3. The molecule has 1 unspecified atom stereocenters. The van der Waals surface area contributed by atoms with E-state index in [-0.39, 0.29) is 23.8 Å². The molecule has 1 atom stereocenters. The van der Waals surface area contributed by atoms with Crippen LogP contribution >= 0.6 is 0 Å². The first-order valence-corrected chi connectivity index (χ1v) is 4.92. The molecule has 0 radical (unpaired) electrons. The van der Waals surface area contributed by atoms with E-state index in [9.17, 15) is 9.59 Å². The van der Waals surface area contributed by atoms with Crippen molar-refractivity contribution in [1.29, 1.82) is 0 Å². The Balaban J connectivity index is 4.52. The standard InChI is InChI=1S/C11H19NO3/c1-5-6-9(13)12-8(7-10(14)15)11(2,3)4/h5-6,8H,7H2,1-4H3,(H,12,13)(H,14,15)/b6-5+. The molecule has 0 aliphatic heterocycles. The maximum Gasteiger partial charge on any atom is 0.305 e. The van der Waals surface area contributed by atoms with Crippen molar-refractivity contribution < 1.29 is 14.7 Å². The van der Waals surface area contributed by atoms with E-state index in [2.05, 4.69) is 5.32 Å². The fourth-order valence-corrected chi connectivity index (χ4v) is 1.12. The Bertz CT molecular complexity index is 263. The Labute approximate surface area is 90.4 Å². The number of nitrogens with one attached hydrogen (secondary N) is 1. The van der Waals surface area contributed by atoms with E-state index in [4.69, 9.17) is 5.11 Å². The number of rotatable bonds is 4. The summed E-state index contributed by atoms with van der Waals surface area (Å²) in [5, 5.41) is 11.4. The smallest absolute Gasteiger partial charge is 0.305 e. The Kier molecular flexibility index (Phi) is 5.05. The van der Waals surface area contributed by atoms with Crippen molar-refractivity contribution in [2.24, 2.45) is 5.41 Å². The van der Waals surface area contributed by atoms with Crippen LogP contribution in [0.1, 0.15) is 34.1 Å². The number of carbonyl (C=O) groups excluding carboxylic acids is 1. The minimum Gasteiger partial charge on any atom is -0.481 e. The number of carboxylic acids is 1. The average Bonchev–Trinajstić information content (AvgIpc) is 2.00. The highest BCUT2D eigenvalue weighted by Crippen LogP contribution is 2.21. The molecule has 0 aromatic carbocycles. The molecule has 2 N–H and O–H groups in total. The number of carboxylic acid groups (broad SMARTS) is 1. The highest BCUT2D eigenvalue weighted by atomic mass is 16.4. The van der Waals surface area contributed by atoms with Gasteiger partial charge in [-0.25, -0.2) is 0 Å². The zero-order valence-electron chi connectivity index (χ0n) is 9.70. The minimum atomic E-state index is -0.907. The van der Waals surface area contributed by atoms with Gasteiger partial charge in [-0.15, -0.1) is 0 Å². The summed E-state index contributed by atoms with van der Waals surface area (Å²) in [4.78, 5) is 21.9. The highest BCUT2D eigenvalue weighted by molar-refractivity contribution is 5.88. The third-order valence-corrected chi connectivity index (χ3v) is 2.06. The number of hydrogen-bond acceptors (Lipinski definition) is 2. The van der Waals surface area contributed by atoms with Gasteiger partial charge in [-0.1, -0.05) is 26.8 Å². The topological polar surface area (TPSA) is 66.4 Å². The molecule has 0 aromatic rings. The number of aliphatic carboxylic acids is 1. The molecule has 0 spiro atoms. The van der Waals surface area contributed by atoms with Gasteiger partial charge >= 0.3 is 5.97 Å². The number of hydrogen-bond donors (Lipinski definition) is 2. The van der Waals surface area contributed by atoms with Gasteiger partial charge in [-0.05, 0) is 18.4 Å². The minimum absolute atomic E-state index is 0.0627. The van der Waals surface area contributed by atoms with Gasteiger partial charge in [0.15, 0.2) is 0 Å². The second-order valence-corrected chi connectivity index (χ2v) is 4.53. The summed E-state index contributed by atoms with van der Waals surface area (Å²) in [5.74, 6) is -1.16. The predicted octanol–water partition coefficient (Wildman–Crippen LogP) is 1.57. The van der Waals surface area contributed by atoms with E-state index in [0.29, 0.717) is 0 Å². The van der Waals surface area contributed by atoms with Crippen molar-refractivity contribution in [2.75, 3.05) is 0 Å². The quantitative estimate of drug-likeness (QED) is 0.696. The zero-order chi connectivity index (χ0) is 12.1. The normalized spacial score (nSPS) is 13.9. The molecule has 0 aliphatic carbocycles. The van der Waals surface area contributed by atoms with Crippen LogP contribution < -0.4 is 5.32 Å². The molecular weight excluding hydrogens is 194 g/mol. The first-order chi connectivity index (χ1) is 6.77. The molecule has 86 valence electrons. The summed E-state index contributed by atoms with van der Waals surface area (Å²) < 4.78 is 0. The van der Waals surface area contributed by atoms with Crippen LogP contribution in [-0.2, 0) is 9.59 Å². The molecule has 0 rings (SSSR count). The van der Waals surface area contributed by atoms with Gasteiger partial charge in [0.1, 0.15) is 0 Å². The average molecular weight is 213 g/mol. The van der Waals surface area contributed by atoms with E-state index in [1.165, 1.54) is 6.08 Å². The molecule has 1 amide bonds. The van der Waals surface area contributed by atoms with E-state index >= 15 is 0 Å². The van der Waals surface area contributed by atoms with Gasteiger partial charge in [0.05, 0.1) is 6.42 Å². The lowest BCUT2D eigenvalue weighted by atomic mass is 9.84. The second-order valence-electron chi connectivity index (χ2n) is 4.53. The van der Waals surface area contributed by atoms with Crippen LogP contribution in [0.2, 0.25) is 0 Å². The summed E-state index contributed by atoms with van der Waals surface area (Å²) >= 11 is 0. The van der Waals surface area contributed by atoms with E-state index < -0.39 is 5.97 Å². The molecule has 0 bridgehead atoms. The van der Waals surface area contributed by atoms with Gasteiger partial charge in [-0.3, -0.25) is 9.59 Å². The molecule has 0 aliphatic rings. The van der Waals surface area contributed by atoms with Gasteiger partial charge in [-0.2, -0.15) is 0 Å². The Morgan fingerprint density at radius 3 is 2.27 bits per heavy atom.